The van der Waals surface area contributed by atoms with Crippen molar-refractivity contribution >= 4 is 6.08 Å². The number of fused-ring (bicyclic) bond motifs is 3. The van der Waals surface area contributed by atoms with Crippen molar-refractivity contribution in [2.45, 2.75) is 44.2 Å². The molecule has 1 heterocycles. The van der Waals surface area contributed by atoms with E-state index in [0.29, 0.717) is 24.0 Å². The topological polar surface area (TPSA) is 120 Å². The maximum atomic E-state index is 10.8. The van der Waals surface area contributed by atoms with Gasteiger partial charge in [0.15, 0.2) is 11.5 Å². The van der Waals surface area contributed by atoms with Crippen LogP contribution in [0.15, 0.2) is 30.3 Å². The standard InChI is InChI=1S/C23H26O7/c1-29-23-16-9-8-15-18(26)10-14(7-4-12-2-5-13(25)6-3-12)30-22(15)19(16)17(11-24)20(27)21(23)28/h2-3,5-6,8-9,14-15,18,22,24-28H,4,7,10-11H2,1H3/t14-,15-,18+,22+/m0/s1. The number of phenolic OH excluding ortho intramolecular Hbond substituents is 2. The highest BCUT2D eigenvalue weighted by atomic mass is 16.5. The summed E-state index contributed by atoms with van der Waals surface area (Å²) in [5, 5.41) is 50.8. The summed E-state index contributed by atoms with van der Waals surface area (Å²) < 4.78 is 11.6. The van der Waals surface area contributed by atoms with E-state index in [4.69, 9.17) is 9.47 Å². The van der Waals surface area contributed by atoms with Crippen LogP contribution in [0, 0.1) is 5.92 Å². The minimum Gasteiger partial charge on any atom is -0.508 e. The number of hydrogen-bond acceptors (Lipinski definition) is 7. The summed E-state index contributed by atoms with van der Waals surface area (Å²) in [6.45, 7) is -0.486. The molecule has 1 aliphatic carbocycles. The van der Waals surface area contributed by atoms with Gasteiger partial charge in [0.2, 0.25) is 5.75 Å². The second-order valence-corrected chi connectivity index (χ2v) is 7.82. The molecular formula is C23H26O7. The van der Waals surface area contributed by atoms with E-state index >= 15 is 0 Å². The summed E-state index contributed by atoms with van der Waals surface area (Å²) in [4.78, 5) is 0. The minimum absolute atomic E-state index is 0.110. The normalized spacial score (nSPS) is 24.9. The maximum Gasteiger partial charge on any atom is 0.201 e. The molecule has 1 fully saturated rings. The lowest BCUT2D eigenvalue weighted by Crippen LogP contribution is -2.40. The van der Waals surface area contributed by atoms with E-state index in [1.54, 1.807) is 18.2 Å². The average molecular weight is 414 g/mol. The maximum absolute atomic E-state index is 10.8. The number of ether oxygens (including phenoxy) is 2. The summed E-state index contributed by atoms with van der Waals surface area (Å²) >= 11 is 0. The van der Waals surface area contributed by atoms with Crippen molar-refractivity contribution in [3.8, 4) is 23.0 Å². The van der Waals surface area contributed by atoms with Gasteiger partial charge in [0.05, 0.1) is 32.0 Å². The third kappa shape index (κ3) is 3.49. The summed E-state index contributed by atoms with van der Waals surface area (Å²) in [6, 6.07) is 6.98. The summed E-state index contributed by atoms with van der Waals surface area (Å²) in [6.07, 6.45) is 3.95. The molecule has 2 aromatic rings. The van der Waals surface area contributed by atoms with E-state index in [1.807, 2.05) is 18.2 Å². The number of aromatic hydroxyl groups is 3. The Kier molecular flexibility index (Phi) is 5.60. The van der Waals surface area contributed by atoms with E-state index in [-0.39, 0.29) is 29.1 Å². The fraction of sp³-hybridized carbons (Fsp3) is 0.391. The molecule has 2 aromatic carbocycles. The van der Waals surface area contributed by atoms with E-state index in [1.165, 1.54) is 7.11 Å². The van der Waals surface area contributed by atoms with E-state index < -0.39 is 30.3 Å². The Labute approximate surface area is 174 Å². The molecule has 7 heteroatoms. The first-order valence-electron chi connectivity index (χ1n) is 9.99. The molecule has 0 amide bonds. The third-order valence-corrected chi connectivity index (χ3v) is 6.05. The molecule has 5 N–H and O–H groups in total. The van der Waals surface area contributed by atoms with Crippen molar-refractivity contribution in [2.24, 2.45) is 5.92 Å². The first-order valence-corrected chi connectivity index (χ1v) is 9.99. The fourth-order valence-electron chi connectivity index (χ4n) is 4.50. The highest BCUT2D eigenvalue weighted by Gasteiger charge is 2.42. The lowest BCUT2D eigenvalue weighted by Gasteiger charge is -2.42. The molecule has 160 valence electrons. The summed E-state index contributed by atoms with van der Waals surface area (Å²) in [5.74, 6) is -0.875. The van der Waals surface area contributed by atoms with Gasteiger partial charge in [-0.2, -0.15) is 0 Å². The number of rotatable bonds is 5. The van der Waals surface area contributed by atoms with Crippen molar-refractivity contribution in [1.82, 2.24) is 0 Å². The van der Waals surface area contributed by atoms with Gasteiger partial charge in [-0.25, -0.2) is 0 Å². The average Bonchev–Trinajstić information content (AvgIpc) is 2.74. The minimum atomic E-state index is -0.647. The van der Waals surface area contributed by atoms with Crippen molar-refractivity contribution < 1.29 is 35.0 Å². The van der Waals surface area contributed by atoms with Crippen LogP contribution in [0.2, 0.25) is 0 Å². The molecule has 0 unspecified atom stereocenters. The second kappa shape index (κ2) is 8.18. The van der Waals surface area contributed by atoms with Gasteiger partial charge in [0.1, 0.15) is 5.75 Å². The van der Waals surface area contributed by atoms with Crippen molar-refractivity contribution in [2.75, 3.05) is 7.11 Å². The molecule has 1 saturated heterocycles. The lowest BCUT2D eigenvalue weighted by molar-refractivity contribution is -0.127. The number of methoxy groups -OCH3 is 1. The smallest absolute Gasteiger partial charge is 0.201 e. The Bertz CT molecular complexity index is 951. The molecule has 4 atom stereocenters. The second-order valence-electron chi connectivity index (χ2n) is 7.82. The Morgan fingerprint density at radius 1 is 1.10 bits per heavy atom. The van der Waals surface area contributed by atoms with Gasteiger partial charge in [0.25, 0.3) is 0 Å². The number of hydrogen-bond donors (Lipinski definition) is 5. The molecule has 0 radical (unpaired) electrons. The highest BCUT2D eigenvalue weighted by Crippen LogP contribution is 2.52. The van der Waals surface area contributed by atoms with Crippen LogP contribution in [-0.4, -0.2) is 44.9 Å². The Hall–Kier alpha value is -2.74. The SMILES string of the molecule is COc1c(O)c(O)c(CO)c2c1C=C[C@H]1[C@H](O)C[C@H](CCc3ccc(O)cc3)O[C@@H]21. The Balaban J connectivity index is 1.64. The molecule has 4 rings (SSSR count). The monoisotopic (exact) mass is 414 g/mol. The van der Waals surface area contributed by atoms with Gasteiger partial charge in [-0.15, -0.1) is 0 Å². The van der Waals surface area contributed by atoms with Crippen LogP contribution in [-0.2, 0) is 17.8 Å². The van der Waals surface area contributed by atoms with Crippen LogP contribution in [0.4, 0.5) is 0 Å². The third-order valence-electron chi connectivity index (χ3n) is 6.05. The van der Waals surface area contributed by atoms with Crippen LogP contribution >= 0.6 is 0 Å². The number of aliphatic hydroxyl groups is 2. The molecule has 30 heavy (non-hydrogen) atoms. The first-order chi connectivity index (χ1) is 14.4. The summed E-state index contributed by atoms with van der Waals surface area (Å²) in [5.41, 5.74) is 2.29. The Morgan fingerprint density at radius 3 is 2.50 bits per heavy atom. The predicted molar refractivity (Wildman–Crippen MR) is 109 cm³/mol. The van der Waals surface area contributed by atoms with Crippen LogP contribution in [0.1, 0.15) is 41.2 Å². The van der Waals surface area contributed by atoms with Gasteiger partial charge in [0, 0.05) is 29.0 Å². The van der Waals surface area contributed by atoms with E-state index in [0.717, 1.165) is 12.0 Å². The molecule has 1 aliphatic heterocycles. The zero-order valence-corrected chi connectivity index (χ0v) is 16.7. The van der Waals surface area contributed by atoms with Crippen LogP contribution in [0.25, 0.3) is 6.08 Å². The number of phenols is 3. The number of aliphatic hydroxyl groups excluding tert-OH is 2. The lowest BCUT2D eigenvalue weighted by atomic mass is 9.77. The zero-order chi connectivity index (χ0) is 21.4. The van der Waals surface area contributed by atoms with Gasteiger partial charge in [-0.1, -0.05) is 24.3 Å². The fourth-order valence-corrected chi connectivity index (χ4v) is 4.50. The molecule has 7 nitrogen and oxygen atoms in total. The highest BCUT2D eigenvalue weighted by molar-refractivity contribution is 5.74. The number of benzene rings is 2. The molecule has 0 aromatic heterocycles. The molecule has 0 bridgehead atoms. The number of aryl methyl sites for hydroxylation is 1. The largest absolute Gasteiger partial charge is 0.508 e. The van der Waals surface area contributed by atoms with Crippen molar-refractivity contribution in [3.63, 3.8) is 0 Å². The van der Waals surface area contributed by atoms with E-state index in [9.17, 15) is 25.5 Å². The van der Waals surface area contributed by atoms with Gasteiger partial charge in [-0.3, -0.25) is 0 Å². The Morgan fingerprint density at radius 2 is 1.83 bits per heavy atom. The van der Waals surface area contributed by atoms with E-state index in [2.05, 4.69) is 0 Å². The van der Waals surface area contributed by atoms with Crippen LogP contribution < -0.4 is 4.74 Å². The van der Waals surface area contributed by atoms with Gasteiger partial charge in [-0.05, 0) is 30.5 Å². The van der Waals surface area contributed by atoms with Crippen molar-refractivity contribution in [3.05, 3.63) is 52.6 Å². The van der Waals surface area contributed by atoms with Crippen LogP contribution in [0.5, 0.6) is 23.0 Å². The quantitative estimate of drug-likeness (QED) is 0.477. The van der Waals surface area contributed by atoms with Crippen molar-refractivity contribution in [1.29, 1.82) is 0 Å². The molecule has 0 spiro atoms. The molecular weight excluding hydrogens is 388 g/mol. The van der Waals surface area contributed by atoms with Gasteiger partial charge < -0.3 is 35.0 Å². The summed E-state index contributed by atoms with van der Waals surface area (Å²) in [7, 11) is 1.39. The molecule has 2 aliphatic rings. The van der Waals surface area contributed by atoms with Crippen LogP contribution in [0.3, 0.4) is 0 Å². The predicted octanol–water partition coefficient (Wildman–Crippen LogP) is 2.77. The first kappa shape index (κ1) is 20.5. The van der Waals surface area contributed by atoms with Gasteiger partial charge >= 0.3 is 0 Å². The zero-order valence-electron chi connectivity index (χ0n) is 16.7. The molecule has 0 saturated carbocycles.